The number of carbonyl (C=O) groups is 1. The number of amides is 1. The summed E-state index contributed by atoms with van der Waals surface area (Å²) in [6.45, 7) is 2.97. The van der Waals surface area contributed by atoms with Crippen LogP contribution < -0.4 is 10.1 Å². The highest BCUT2D eigenvalue weighted by atomic mass is 35.5. The number of nitrogens with zero attached hydrogens (tertiary/aromatic N) is 1. The first-order valence-corrected chi connectivity index (χ1v) is 7.36. The number of fused-ring (bicyclic) bond motifs is 1. The highest BCUT2D eigenvalue weighted by Crippen LogP contribution is 2.38. The number of hydrogen-bond acceptors (Lipinski definition) is 3. The lowest BCUT2D eigenvalue weighted by Crippen LogP contribution is -2.29. The summed E-state index contributed by atoms with van der Waals surface area (Å²) in [5.74, 6) is 2.98. The lowest BCUT2D eigenvalue weighted by atomic mass is 10.1. The van der Waals surface area contributed by atoms with Gasteiger partial charge >= 0.3 is 6.09 Å². The van der Waals surface area contributed by atoms with Gasteiger partial charge in [0.25, 0.3) is 0 Å². The standard InChI is InChI=1S/C16H19ClN2O2/c1-4-8-18-14-7-6-11-9-13(17)15(10-12(11)14)21-16(20)19(3)5-2/h1,9-10,14,18H,5-8H2,2-3H3. The molecule has 0 saturated carbocycles. The second-order valence-electron chi connectivity index (χ2n) is 5.04. The summed E-state index contributed by atoms with van der Waals surface area (Å²) in [4.78, 5) is 13.3. The van der Waals surface area contributed by atoms with Gasteiger partial charge in [-0.05, 0) is 43.0 Å². The van der Waals surface area contributed by atoms with Gasteiger partial charge in [-0.3, -0.25) is 5.32 Å². The Morgan fingerprint density at radius 2 is 2.38 bits per heavy atom. The third-order valence-electron chi connectivity index (χ3n) is 3.71. The largest absolute Gasteiger partial charge is 0.415 e. The van der Waals surface area contributed by atoms with E-state index in [2.05, 4.69) is 11.2 Å². The number of hydrogen-bond donors (Lipinski definition) is 1. The van der Waals surface area contributed by atoms with Gasteiger partial charge in [0.05, 0.1) is 11.6 Å². The van der Waals surface area contributed by atoms with Gasteiger partial charge in [-0.15, -0.1) is 6.42 Å². The molecule has 1 aliphatic rings. The summed E-state index contributed by atoms with van der Waals surface area (Å²) < 4.78 is 5.36. The molecule has 1 aromatic rings. The van der Waals surface area contributed by atoms with Crippen molar-refractivity contribution in [2.24, 2.45) is 0 Å². The first-order valence-electron chi connectivity index (χ1n) is 6.99. The van der Waals surface area contributed by atoms with Gasteiger partial charge in [0.2, 0.25) is 0 Å². The van der Waals surface area contributed by atoms with Crippen molar-refractivity contribution in [3.05, 3.63) is 28.3 Å². The molecule has 5 heteroatoms. The molecule has 0 aliphatic heterocycles. The van der Waals surface area contributed by atoms with Crippen molar-refractivity contribution in [1.82, 2.24) is 10.2 Å². The second-order valence-corrected chi connectivity index (χ2v) is 5.45. The van der Waals surface area contributed by atoms with E-state index in [1.54, 1.807) is 7.05 Å². The normalized spacial score (nSPS) is 16.2. The van der Waals surface area contributed by atoms with E-state index < -0.39 is 6.09 Å². The quantitative estimate of drug-likeness (QED) is 0.870. The van der Waals surface area contributed by atoms with Crippen molar-refractivity contribution in [3.8, 4) is 18.1 Å². The molecule has 0 aromatic heterocycles. The van der Waals surface area contributed by atoms with Crippen molar-refractivity contribution >= 4 is 17.7 Å². The third kappa shape index (κ3) is 3.49. The Kier molecular flexibility index (Phi) is 5.11. The van der Waals surface area contributed by atoms with Gasteiger partial charge in [0.1, 0.15) is 0 Å². The fourth-order valence-corrected chi connectivity index (χ4v) is 2.60. The minimum absolute atomic E-state index is 0.190. The highest BCUT2D eigenvalue weighted by Gasteiger charge is 2.24. The molecule has 0 spiro atoms. The maximum Gasteiger partial charge on any atom is 0.415 e. The second kappa shape index (κ2) is 6.84. The van der Waals surface area contributed by atoms with Crippen molar-refractivity contribution in [2.45, 2.75) is 25.8 Å². The van der Waals surface area contributed by atoms with E-state index in [1.165, 1.54) is 10.5 Å². The Labute approximate surface area is 130 Å². The molecule has 0 saturated heterocycles. The maximum absolute atomic E-state index is 11.9. The average molecular weight is 307 g/mol. The molecule has 4 nitrogen and oxygen atoms in total. The van der Waals surface area contributed by atoms with Crippen LogP contribution in [0.1, 0.15) is 30.5 Å². The number of benzene rings is 1. The van der Waals surface area contributed by atoms with Crippen LogP contribution in [0, 0.1) is 12.3 Å². The lowest BCUT2D eigenvalue weighted by molar-refractivity contribution is 0.165. The van der Waals surface area contributed by atoms with E-state index in [0.29, 0.717) is 23.9 Å². The summed E-state index contributed by atoms with van der Waals surface area (Å²) in [5.41, 5.74) is 2.29. The van der Waals surface area contributed by atoms with Crippen LogP contribution in [-0.4, -0.2) is 31.1 Å². The Bertz CT molecular complexity index is 580. The van der Waals surface area contributed by atoms with Gasteiger partial charge < -0.3 is 9.64 Å². The molecular weight excluding hydrogens is 288 g/mol. The van der Waals surface area contributed by atoms with Crippen LogP contribution in [0.25, 0.3) is 0 Å². The SMILES string of the molecule is C#CCNC1CCc2cc(Cl)c(OC(=O)N(C)CC)cc21. The van der Waals surface area contributed by atoms with Crippen LogP contribution in [0.3, 0.4) is 0 Å². The Hall–Kier alpha value is -1.70. The first kappa shape index (κ1) is 15.7. The maximum atomic E-state index is 11.9. The van der Waals surface area contributed by atoms with Crippen LogP contribution in [0.15, 0.2) is 12.1 Å². The van der Waals surface area contributed by atoms with E-state index in [9.17, 15) is 4.79 Å². The molecule has 1 aliphatic carbocycles. The zero-order valence-corrected chi connectivity index (χ0v) is 13.0. The number of rotatable bonds is 4. The van der Waals surface area contributed by atoms with Crippen molar-refractivity contribution in [3.63, 3.8) is 0 Å². The topological polar surface area (TPSA) is 41.6 Å². The summed E-state index contributed by atoms with van der Waals surface area (Å²) >= 11 is 6.20. The number of carbonyl (C=O) groups excluding carboxylic acids is 1. The van der Waals surface area contributed by atoms with E-state index in [0.717, 1.165) is 18.4 Å². The summed E-state index contributed by atoms with van der Waals surface area (Å²) in [7, 11) is 1.68. The van der Waals surface area contributed by atoms with Crippen LogP contribution >= 0.6 is 11.6 Å². The molecule has 1 atom stereocenters. The zero-order valence-electron chi connectivity index (χ0n) is 12.3. The van der Waals surface area contributed by atoms with Gasteiger partial charge in [-0.25, -0.2) is 4.79 Å². The fourth-order valence-electron chi connectivity index (χ4n) is 2.38. The molecular formula is C16H19ClN2O2. The summed E-state index contributed by atoms with van der Waals surface area (Å²) in [5, 5.41) is 3.75. The Morgan fingerprint density at radius 1 is 1.62 bits per heavy atom. The number of aryl methyl sites for hydroxylation is 1. The molecule has 0 radical (unpaired) electrons. The number of terminal acetylenes is 1. The molecule has 0 fully saturated rings. The molecule has 1 N–H and O–H groups in total. The van der Waals surface area contributed by atoms with Crippen LogP contribution in [-0.2, 0) is 6.42 Å². The van der Waals surface area contributed by atoms with Gasteiger partial charge in [-0.2, -0.15) is 0 Å². The van der Waals surface area contributed by atoms with E-state index in [1.807, 2.05) is 19.1 Å². The van der Waals surface area contributed by atoms with E-state index >= 15 is 0 Å². The van der Waals surface area contributed by atoms with Crippen molar-refractivity contribution < 1.29 is 9.53 Å². The lowest BCUT2D eigenvalue weighted by Gasteiger charge is -2.17. The van der Waals surface area contributed by atoms with Crippen LogP contribution in [0.2, 0.25) is 5.02 Å². The molecule has 0 bridgehead atoms. The monoisotopic (exact) mass is 306 g/mol. The molecule has 1 unspecified atom stereocenters. The summed E-state index contributed by atoms with van der Waals surface area (Å²) in [6.07, 6.45) is 6.79. The number of halogens is 1. The van der Waals surface area contributed by atoms with E-state index in [-0.39, 0.29) is 6.04 Å². The molecule has 21 heavy (non-hydrogen) atoms. The van der Waals surface area contributed by atoms with Crippen LogP contribution in [0.5, 0.6) is 5.75 Å². The number of nitrogens with one attached hydrogen (secondary N) is 1. The fraction of sp³-hybridized carbons (Fsp3) is 0.438. The molecule has 2 rings (SSSR count). The molecule has 112 valence electrons. The minimum Gasteiger partial charge on any atom is -0.409 e. The zero-order chi connectivity index (χ0) is 15.4. The third-order valence-corrected chi connectivity index (χ3v) is 4.00. The number of ether oxygens (including phenoxy) is 1. The average Bonchev–Trinajstić information content (AvgIpc) is 2.86. The molecule has 1 aromatic carbocycles. The summed E-state index contributed by atoms with van der Waals surface area (Å²) in [6, 6.07) is 3.91. The highest BCUT2D eigenvalue weighted by molar-refractivity contribution is 6.32. The van der Waals surface area contributed by atoms with E-state index in [4.69, 9.17) is 22.8 Å². The van der Waals surface area contributed by atoms with Gasteiger partial charge in [-0.1, -0.05) is 17.5 Å². The van der Waals surface area contributed by atoms with Crippen molar-refractivity contribution in [1.29, 1.82) is 0 Å². The van der Waals surface area contributed by atoms with Crippen LogP contribution in [0.4, 0.5) is 4.79 Å². The van der Waals surface area contributed by atoms with Crippen molar-refractivity contribution in [2.75, 3.05) is 20.1 Å². The smallest absolute Gasteiger partial charge is 0.409 e. The molecule has 0 heterocycles. The Morgan fingerprint density at radius 3 is 3.05 bits per heavy atom. The van der Waals surface area contributed by atoms with Gasteiger partial charge in [0, 0.05) is 19.6 Å². The molecule has 1 amide bonds. The Balaban J connectivity index is 2.21. The minimum atomic E-state index is -0.412. The predicted molar refractivity (Wildman–Crippen MR) is 83.7 cm³/mol. The first-order chi connectivity index (χ1) is 10.1. The predicted octanol–water partition coefficient (Wildman–Crippen LogP) is 3.00. The van der Waals surface area contributed by atoms with Gasteiger partial charge in [0.15, 0.2) is 5.75 Å².